The van der Waals surface area contributed by atoms with E-state index in [2.05, 4.69) is 11.1 Å². The van der Waals surface area contributed by atoms with Gasteiger partial charge in [0.2, 0.25) is 0 Å². The molecule has 1 aliphatic rings. The van der Waals surface area contributed by atoms with E-state index in [0.717, 1.165) is 35.6 Å². The Morgan fingerprint density at radius 3 is 2.88 bits per heavy atom. The van der Waals surface area contributed by atoms with Crippen LogP contribution in [0.4, 0.5) is 0 Å². The van der Waals surface area contributed by atoms with Crippen LogP contribution in [0.1, 0.15) is 24.0 Å². The molecular formula is C13H10N2O. The zero-order chi connectivity index (χ0) is 11.2. The van der Waals surface area contributed by atoms with Gasteiger partial charge in [0.1, 0.15) is 6.29 Å². The van der Waals surface area contributed by atoms with Crippen molar-refractivity contribution in [1.82, 2.24) is 4.98 Å². The average Bonchev–Trinajstić information content (AvgIpc) is 3.02. The molecule has 2 aromatic rings. The first-order valence-corrected chi connectivity index (χ1v) is 5.27. The highest BCUT2D eigenvalue weighted by atomic mass is 16.1. The van der Waals surface area contributed by atoms with Crippen molar-refractivity contribution in [2.24, 2.45) is 0 Å². The molecule has 78 valence electrons. The van der Waals surface area contributed by atoms with Gasteiger partial charge in [0.25, 0.3) is 0 Å². The summed E-state index contributed by atoms with van der Waals surface area (Å²) < 4.78 is 0. The van der Waals surface area contributed by atoms with Gasteiger partial charge in [0.15, 0.2) is 0 Å². The second-order valence-electron chi connectivity index (χ2n) is 4.35. The molecule has 0 amide bonds. The summed E-state index contributed by atoms with van der Waals surface area (Å²) in [5, 5.41) is 9.87. The molecule has 3 heteroatoms. The Kier molecular flexibility index (Phi) is 1.69. The largest absolute Gasteiger partial charge is 0.361 e. The van der Waals surface area contributed by atoms with E-state index >= 15 is 0 Å². The van der Waals surface area contributed by atoms with Crippen LogP contribution in [-0.2, 0) is 10.2 Å². The minimum atomic E-state index is -0.285. The molecule has 1 N–H and O–H groups in total. The molecule has 1 aliphatic carbocycles. The Morgan fingerprint density at radius 2 is 2.25 bits per heavy atom. The highest BCUT2D eigenvalue weighted by Gasteiger charge is 2.45. The summed E-state index contributed by atoms with van der Waals surface area (Å²) in [6.45, 7) is 0. The number of hydrogen-bond donors (Lipinski definition) is 1. The normalized spacial score (nSPS) is 16.9. The van der Waals surface area contributed by atoms with E-state index in [1.807, 2.05) is 18.3 Å². The van der Waals surface area contributed by atoms with Gasteiger partial charge in [0.05, 0.1) is 17.0 Å². The number of nitrogens with one attached hydrogen (secondary N) is 1. The maximum absolute atomic E-state index is 11.1. The Morgan fingerprint density at radius 1 is 1.44 bits per heavy atom. The number of aromatic nitrogens is 1. The van der Waals surface area contributed by atoms with Crippen LogP contribution in [0, 0.1) is 11.3 Å². The van der Waals surface area contributed by atoms with Crippen LogP contribution < -0.4 is 0 Å². The molecule has 1 saturated carbocycles. The topological polar surface area (TPSA) is 56.6 Å². The van der Waals surface area contributed by atoms with Crippen LogP contribution in [0.5, 0.6) is 0 Å². The maximum Gasteiger partial charge on any atom is 0.130 e. The molecular weight excluding hydrogens is 200 g/mol. The van der Waals surface area contributed by atoms with Crippen LogP contribution in [0.15, 0.2) is 24.4 Å². The molecule has 1 aromatic carbocycles. The second-order valence-corrected chi connectivity index (χ2v) is 4.35. The van der Waals surface area contributed by atoms with Crippen LogP contribution in [-0.4, -0.2) is 11.3 Å². The Bertz CT molecular complexity index is 614. The zero-order valence-corrected chi connectivity index (χ0v) is 8.66. The molecule has 0 spiro atoms. The molecule has 1 fully saturated rings. The monoisotopic (exact) mass is 210 g/mol. The molecule has 16 heavy (non-hydrogen) atoms. The van der Waals surface area contributed by atoms with Crippen molar-refractivity contribution in [3.63, 3.8) is 0 Å². The molecule has 1 heterocycles. The van der Waals surface area contributed by atoms with Crippen molar-refractivity contribution in [3.8, 4) is 6.07 Å². The number of aromatic amines is 1. The lowest BCUT2D eigenvalue weighted by atomic mass is 9.96. The fraction of sp³-hybridized carbons (Fsp3) is 0.231. The summed E-state index contributed by atoms with van der Waals surface area (Å²) >= 11 is 0. The van der Waals surface area contributed by atoms with Gasteiger partial charge in [-0.05, 0) is 36.6 Å². The lowest BCUT2D eigenvalue weighted by molar-refractivity contribution is -0.109. The van der Waals surface area contributed by atoms with E-state index in [9.17, 15) is 4.79 Å². The smallest absolute Gasteiger partial charge is 0.130 e. The van der Waals surface area contributed by atoms with Gasteiger partial charge >= 0.3 is 0 Å². The zero-order valence-electron chi connectivity index (χ0n) is 8.66. The number of fused-ring (bicyclic) bond motifs is 1. The summed E-state index contributed by atoms with van der Waals surface area (Å²) in [7, 11) is 0. The summed E-state index contributed by atoms with van der Waals surface area (Å²) in [6, 6.07) is 7.64. The standard InChI is InChI=1S/C13H10N2O/c14-6-9-1-2-12-10(5-9)11(7-15-12)13(8-16)3-4-13/h1-2,5,7-8,15H,3-4H2. The maximum atomic E-state index is 11.1. The highest BCUT2D eigenvalue weighted by molar-refractivity contribution is 5.90. The molecule has 0 atom stereocenters. The quantitative estimate of drug-likeness (QED) is 0.773. The van der Waals surface area contributed by atoms with Gasteiger partial charge in [0, 0.05) is 17.1 Å². The first kappa shape index (κ1) is 9.17. The fourth-order valence-electron chi connectivity index (χ4n) is 2.19. The second kappa shape index (κ2) is 2.96. The number of nitrogens with zero attached hydrogens (tertiary/aromatic N) is 1. The number of nitriles is 1. The van der Waals surface area contributed by atoms with Gasteiger partial charge in [-0.2, -0.15) is 5.26 Å². The first-order chi connectivity index (χ1) is 7.79. The SMILES string of the molecule is N#Cc1ccc2[nH]cc(C3(C=O)CC3)c2c1. The average molecular weight is 210 g/mol. The fourth-order valence-corrected chi connectivity index (χ4v) is 2.19. The van der Waals surface area contributed by atoms with Crippen molar-refractivity contribution >= 4 is 17.2 Å². The predicted octanol–water partition coefficient (Wildman–Crippen LogP) is 2.27. The third-order valence-electron chi connectivity index (χ3n) is 3.36. The number of carbonyl (C=O) groups excluding carboxylic acids is 1. The molecule has 3 nitrogen and oxygen atoms in total. The minimum Gasteiger partial charge on any atom is -0.361 e. The minimum absolute atomic E-state index is 0.285. The first-order valence-electron chi connectivity index (χ1n) is 5.27. The molecule has 0 saturated heterocycles. The third-order valence-corrected chi connectivity index (χ3v) is 3.36. The summed E-state index contributed by atoms with van der Waals surface area (Å²) in [5.74, 6) is 0. The van der Waals surface area contributed by atoms with Crippen LogP contribution >= 0.6 is 0 Å². The molecule has 0 radical (unpaired) electrons. The number of rotatable bonds is 2. The Balaban J connectivity index is 2.26. The van der Waals surface area contributed by atoms with Crippen molar-refractivity contribution in [1.29, 1.82) is 5.26 Å². The van der Waals surface area contributed by atoms with Crippen LogP contribution in [0.2, 0.25) is 0 Å². The Hall–Kier alpha value is -2.08. The van der Waals surface area contributed by atoms with E-state index < -0.39 is 0 Å². The van der Waals surface area contributed by atoms with Crippen molar-refractivity contribution in [2.45, 2.75) is 18.3 Å². The van der Waals surface area contributed by atoms with Gasteiger partial charge in [-0.3, -0.25) is 0 Å². The van der Waals surface area contributed by atoms with Crippen LogP contribution in [0.3, 0.4) is 0 Å². The lowest BCUT2D eigenvalue weighted by Crippen LogP contribution is -2.06. The van der Waals surface area contributed by atoms with Gasteiger partial charge in [-0.25, -0.2) is 0 Å². The number of aldehydes is 1. The van der Waals surface area contributed by atoms with Crippen LogP contribution in [0.25, 0.3) is 10.9 Å². The molecule has 0 aliphatic heterocycles. The van der Waals surface area contributed by atoms with Crippen molar-refractivity contribution in [3.05, 3.63) is 35.5 Å². The van der Waals surface area contributed by atoms with Crippen molar-refractivity contribution < 1.29 is 4.79 Å². The van der Waals surface area contributed by atoms with E-state index in [1.165, 1.54) is 0 Å². The summed E-state index contributed by atoms with van der Waals surface area (Å²) in [4.78, 5) is 14.3. The lowest BCUT2D eigenvalue weighted by Gasteiger charge is -2.04. The Labute approximate surface area is 92.7 Å². The van der Waals surface area contributed by atoms with E-state index in [-0.39, 0.29) is 5.41 Å². The van der Waals surface area contributed by atoms with E-state index in [1.54, 1.807) is 6.07 Å². The van der Waals surface area contributed by atoms with Crippen molar-refractivity contribution in [2.75, 3.05) is 0 Å². The third kappa shape index (κ3) is 1.10. The van der Waals surface area contributed by atoms with E-state index in [4.69, 9.17) is 5.26 Å². The van der Waals surface area contributed by atoms with Gasteiger partial charge < -0.3 is 9.78 Å². The highest BCUT2D eigenvalue weighted by Crippen LogP contribution is 2.48. The molecule has 0 unspecified atom stereocenters. The summed E-state index contributed by atoms with van der Waals surface area (Å²) in [6.07, 6.45) is 4.77. The van der Waals surface area contributed by atoms with E-state index in [0.29, 0.717) is 5.56 Å². The molecule has 1 aromatic heterocycles. The summed E-state index contributed by atoms with van der Waals surface area (Å²) in [5.41, 5.74) is 2.37. The number of H-pyrrole nitrogens is 1. The van der Waals surface area contributed by atoms with Gasteiger partial charge in [-0.15, -0.1) is 0 Å². The molecule has 3 rings (SSSR count). The number of hydrogen-bond acceptors (Lipinski definition) is 2. The van der Waals surface area contributed by atoms with Gasteiger partial charge in [-0.1, -0.05) is 0 Å². The predicted molar refractivity (Wildman–Crippen MR) is 60.0 cm³/mol. The molecule has 0 bridgehead atoms. The number of carbonyl (C=O) groups is 1. The number of benzene rings is 1.